The Morgan fingerprint density at radius 3 is 1.04 bits per heavy atom. The molecule has 2 aliphatic heterocycles. The highest BCUT2D eigenvalue weighted by molar-refractivity contribution is 5.79. The number of hydrogen-bond acceptors (Lipinski definition) is 8. The van der Waals surface area contributed by atoms with Crippen molar-refractivity contribution in [2.45, 2.75) is 324 Å². The van der Waals surface area contributed by atoms with Crippen molar-refractivity contribution in [1.29, 1.82) is 0 Å². The summed E-state index contributed by atoms with van der Waals surface area (Å²) in [5.41, 5.74) is 23.3. The molecule has 11 nitrogen and oxygen atoms in total. The first-order valence-corrected chi connectivity index (χ1v) is 46.7. The van der Waals surface area contributed by atoms with Gasteiger partial charge in [-0.1, -0.05) is 425 Å². The minimum absolute atomic E-state index is 0.0302. The van der Waals surface area contributed by atoms with Crippen LogP contribution in [0.25, 0.3) is 0 Å². The Labute approximate surface area is 807 Å². The van der Waals surface area contributed by atoms with Crippen LogP contribution in [0.4, 0.5) is 4.39 Å². The SMILES string of the molecule is C=C1C=CC(C(C)(C)C)=CN1.C=C1C=NC(C(C)(C)C)=CN1.CC(C)(C)c1cc[nH]c(=O)c1.CC(C)(C)c1ccc(F)cc1.CC(C)(C)c1ccccc1.CC(C)(C)c1cccnc1.COc1ccc(C(C)(C)C)cc1.Cc1ccc(C(C)(C)C)cc1.Cc1ccc(C(C)(C)C)cc1.Cc1cccc(C(C)(C)C)c1.Cn1cc(C(C)(C)C)ccc1=O.Cn1ccc(C(C)(C)C)cc1=O. The maximum atomic E-state index is 12.5. The lowest BCUT2D eigenvalue weighted by atomic mass is 9.86. The van der Waals surface area contributed by atoms with Gasteiger partial charge in [0.05, 0.1) is 19.0 Å². The fourth-order valence-corrected chi connectivity index (χ4v) is 11.7. The Balaban J connectivity index is 0.000000726. The molecule has 4 aromatic heterocycles. The molecule has 0 unspecified atom stereocenters. The second-order valence-corrected chi connectivity index (χ2v) is 46.7. The number of aryl methyl sites for hydroxylation is 5. The van der Waals surface area contributed by atoms with Gasteiger partial charge in [0.2, 0.25) is 11.1 Å². The van der Waals surface area contributed by atoms with Crippen LogP contribution in [0.2, 0.25) is 0 Å². The summed E-state index contributed by atoms with van der Waals surface area (Å²) in [7, 11) is 5.22. The summed E-state index contributed by atoms with van der Waals surface area (Å²) in [5, 5.41) is 6.13. The monoisotopic (exact) mass is 1810 g/mol. The van der Waals surface area contributed by atoms with Crippen LogP contribution in [-0.4, -0.2) is 32.4 Å². The summed E-state index contributed by atoms with van der Waals surface area (Å²) in [6, 6.07) is 66.4. The van der Waals surface area contributed by atoms with Crippen LogP contribution in [0.1, 0.15) is 322 Å². The molecule has 12 rings (SSSR count). The van der Waals surface area contributed by atoms with Crippen molar-refractivity contribution in [3.8, 4) is 5.75 Å². The third kappa shape index (κ3) is 50.1. The first kappa shape index (κ1) is 120. The van der Waals surface area contributed by atoms with E-state index in [0.717, 1.165) is 34.0 Å². The van der Waals surface area contributed by atoms with Gasteiger partial charge >= 0.3 is 0 Å². The number of aliphatic imine (C=N–C) groups is 1. The van der Waals surface area contributed by atoms with E-state index >= 15 is 0 Å². The number of nitrogens with one attached hydrogen (secondary N) is 3. The summed E-state index contributed by atoms with van der Waals surface area (Å²) < 4.78 is 20.7. The minimum Gasteiger partial charge on any atom is -0.497 e. The summed E-state index contributed by atoms with van der Waals surface area (Å²) >= 11 is 0. The maximum Gasteiger partial charge on any atom is 0.250 e. The smallest absolute Gasteiger partial charge is 0.250 e. The number of hydrogen-bond donors (Lipinski definition) is 3. The van der Waals surface area contributed by atoms with E-state index in [1.165, 1.54) is 78.9 Å². The lowest BCUT2D eigenvalue weighted by molar-refractivity contribution is 0.414. The van der Waals surface area contributed by atoms with E-state index in [2.05, 4.69) is 436 Å². The van der Waals surface area contributed by atoms with Crippen LogP contribution >= 0.6 is 0 Å². The normalized spacial score (nSPS) is 12.6. The topological polar surface area (TPSA) is 135 Å². The number of rotatable bonds is 1. The minimum atomic E-state index is -0.169. The van der Waals surface area contributed by atoms with Gasteiger partial charge < -0.3 is 29.5 Å². The van der Waals surface area contributed by atoms with Gasteiger partial charge in [0, 0.05) is 92.5 Å². The molecule has 133 heavy (non-hydrogen) atoms. The Hall–Kier alpha value is -11.0. The second kappa shape index (κ2) is 52.6. The molecule has 10 aromatic rings. The highest BCUT2D eigenvalue weighted by Crippen LogP contribution is 2.32. The van der Waals surface area contributed by atoms with Gasteiger partial charge in [-0.25, -0.2) is 4.39 Å². The van der Waals surface area contributed by atoms with Crippen molar-refractivity contribution >= 4 is 6.21 Å². The number of pyridine rings is 4. The molecule has 2 aliphatic rings. The van der Waals surface area contributed by atoms with Gasteiger partial charge in [0.1, 0.15) is 11.6 Å². The number of aromatic nitrogens is 4. The number of halogens is 1. The Kier molecular flexibility index (Phi) is 47.5. The molecule has 3 N–H and O–H groups in total. The van der Waals surface area contributed by atoms with Gasteiger partial charge in [0.15, 0.2) is 0 Å². The van der Waals surface area contributed by atoms with Crippen LogP contribution in [0.5, 0.6) is 5.75 Å². The van der Waals surface area contributed by atoms with Crippen LogP contribution in [0, 0.1) is 37.4 Å². The van der Waals surface area contributed by atoms with E-state index < -0.39 is 0 Å². The number of benzene rings is 6. The molecule has 0 saturated heterocycles. The van der Waals surface area contributed by atoms with Gasteiger partial charge in [-0.15, -0.1) is 0 Å². The number of allylic oxidation sites excluding steroid dienone is 5. The molecule has 0 saturated carbocycles. The van der Waals surface area contributed by atoms with Crippen molar-refractivity contribution in [3.63, 3.8) is 0 Å². The maximum absolute atomic E-state index is 12.5. The fourth-order valence-electron chi connectivity index (χ4n) is 11.7. The predicted molar refractivity (Wildman–Crippen MR) is 578 cm³/mol. The van der Waals surface area contributed by atoms with Crippen LogP contribution in [0.3, 0.4) is 0 Å². The molecule has 0 fully saturated rings. The Morgan fingerprint density at radius 2 is 0.722 bits per heavy atom. The van der Waals surface area contributed by atoms with Crippen molar-refractivity contribution in [2.24, 2.45) is 29.9 Å². The summed E-state index contributed by atoms with van der Waals surface area (Å²) in [4.78, 5) is 44.1. The zero-order valence-corrected chi connectivity index (χ0v) is 90.5. The molecule has 12 heteroatoms. The molecule has 0 bridgehead atoms. The molecule has 6 heterocycles. The third-order valence-corrected chi connectivity index (χ3v) is 21.4. The summed E-state index contributed by atoms with van der Waals surface area (Å²) in [5.74, 6) is 0.751. The van der Waals surface area contributed by atoms with E-state index in [1.807, 2.05) is 85.6 Å². The molecule has 726 valence electrons. The van der Waals surface area contributed by atoms with E-state index in [4.69, 9.17) is 4.74 Å². The molecular weight excluding hydrogens is 1630 g/mol. The molecule has 0 radical (unpaired) electrons. The van der Waals surface area contributed by atoms with Gasteiger partial charge in [-0.3, -0.25) is 24.4 Å². The summed E-state index contributed by atoms with van der Waals surface area (Å²) in [6.07, 6.45) is 18.9. The average molecular weight is 1810 g/mol. The van der Waals surface area contributed by atoms with Crippen LogP contribution in [-0.2, 0) is 68.2 Å². The summed E-state index contributed by atoms with van der Waals surface area (Å²) in [6.45, 7) is 92.1. The number of nitrogens with zero attached hydrogens (tertiary/aromatic N) is 4. The first-order chi connectivity index (χ1) is 60.6. The number of methoxy groups -OCH3 is 1. The molecule has 0 amide bonds. The van der Waals surface area contributed by atoms with Crippen molar-refractivity contribution in [1.82, 2.24) is 29.7 Å². The standard InChI is InChI=1S/C11H16O.3C11H16.C10H13F.2C10H15NO.C10H15N.C10H14.C9H14N2.C9H13NO.C9H13N/c1-11(2,3)9-5-7-10(12-4)8-6-9;2*1-9-5-7-10(8-6-9)11(2,3)4;1-9-6-5-7-10(8-9)11(2,3)4;1-10(2,3)8-4-6-9(11)7-5-8;1-10(2,3)8-5-6-11(4)9(12)7-8;1-10(2,3)8-5-6-9(12)11(4)7-8;1-8-5-6-9(7-11-8)10(2,3)4;1-10(2,3)9-7-5-4-6-8-9;1-7-5-11-8(6-10-7)9(2,3)4;1-9(2,3)7-4-5-10-8(11)6-7;1-9(2,3)8-5-4-6-10-7-8/h5-8H,1-4H3;3*5-8H,1-4H3;4-7H,1-3H3;2*5-7H,1-4H3;5-7,11H,1H2,2-4H3;4-8H,1-3H3;5-6,10H,1H2,2-4H3;4-6H,1-3H3,(H,10,11);4-7H,1-3H3. The first-order valence-electron chi connectivity index (χ1n) is 46.7. The zero-order valence-electron chi connectivity index (χ0n) is 90.5. The van der Waals surface area contributed by atoms with Crippen LogP contribution in [0.15, 0.2) is 311 Å². The van der Waals surface area contributed by atoms with Gasteiger partial charge in [-0.05, 0) is 190 Å². The van der Waals surface area contributed by atoms with E-state index in [-0.39, 0.29) is 82.1 Å². The molecule has 0 spiro atoms. The average Bonchev–Trinajstić information content (AvgIpc) is 0.839. The van der Waals surface area contributed by atoms with Crippen LogP contribution < -0.4 is 32.0 Å². The lowest BCUT2D eigenvalue weighted by Crippen LogP contribution is -2.20. The quantitative estimate of drug-likeness (QED) is 0.149. The largest absolute Gasteiger partial charge is 0.497 e. The Bertz CT molecular complexity index is 5180. The highest BCUT2D eigenvalue weighted by atomic mass is 19.1. The zero-order chi connectivity index (χ0) is 103. The highest BCUT2D eigenvalue weighted by Gasteiger charge is 2.22. The predicted octanol–water partition coefficient (Wildman–Crippen LogP) is 31.0. The number of aromatic amines is 1. The van der Waals surface area contributed by atoms with E-state index in [1.54, 1.807) is 67.1 Å². The number of dihydropyridines is 1. The lowest BCUT2D eigenvalue weighted by Gasteiger charge is -2.22. The van der Waals surface area contributed by atoms with E-state index in [0.29, 0.717) is 5.41 Å². The van der Waals surface area contributed by atoms with E-state index in [9.17, 15) is 18.8 Å². The Morgan fingerprint density at radius 1 is 0.338 bits per heavy atom. The molecular formula is C121H176FN7O4. The molecule has 6 aromatic carbocycles. The third-order valence-electron chi connectivity index (χ3n) is 21.4. The van der Waals surface area contributed by atoms with Crippen molar-refractivity contribution < 1.29 is 9.13 Å². The number of ether oxygens (including phenoxy) is 1. The van der Waals surface area contributed by atoms with Gasteiger partial charge in [0.25, 0.3) is 5.56 Å². The van der Waals surface area contributed by atoms with Gasteiger partial charge in [-0.2, -0.15) is 0 Å². The van der Waals surface area contributed by atoms with Crippen molar-refractivity contribution in [2.75, 3.05) is 7.11 Å². The second-order valence-electron chi connectivity index (χ2n) is 46.7. The molecule has 0 aliphatic carbocycles. The molecule has 0 atom stereocenters. The number of H-pyrrole nitrogens is 1. The van der Waals surface area contributed by atoms with Crippen molar-refractivity contribution in [3.05, 3.63) is 401 Å². The fraction of sp³-hybridized carbons (Fsp3) is 0.446.